The van der Waals surface area contributed by atoms with E-state index in [1.165, 1.54) is 30.4 Å². The van der Waals surface area contributed by atoms with Crippen molar-refractivity contribution in [3.8, 4) is 5.69 Å². The molecule has 2 heterocycles. The van der Waals surface area contributed by atoms with Crippen LogP contribution in [-0.4, -0.2) is 20.7 Å². The number of benzene rings is 2. The van der Waals surface area contributed by atoms with Crippen LogP contribution in [0.5, 0.6) is 0 Å². The third-order valence-electron chi connectivity index (χ3n) is 6.40. The van der Waals surface area contributed by atoms with E-state index in [-0.39, 0.29) is 5.91 Å². The lowest BCUT2D eigenvalue weighted by molar-refractivity contribution is 0.101. The van der Waals surface area contributed by atoms with E-state index in [1.807, 2.05) is 31.3 Å². The maximum atomic E-state index is 13.3. The molecule has 4 aromatic rings. The summed E-state index contributed by atoms with van der Waals surface area (Å²) in [5, 5.41) is 7.55. The summed E-state index contributed by atoms with van der Waals surface area (Å²) in [4.78, 5) is 19.9. The van der Waals surface area contributed by atoms with Crippen molar-refractivity contribution in [1.82, 2.24) is 14.8 Å². The average molecular weight is 450 g/mol. The molecule has 6 nitrogen and oxygen atoms in total. The zero-order chi connectivity index (χ0) is 23.5. The van der Waals surface area contributed by atoms with Crippen LogP contribution in [0.15, 0.2) is 73.1 Å². The van der Waals surface area contributed by atoms with Crippen LogP contribution in [-0.2, 0) is 0 Å². The van der Waals surface area contributed by atoms with Crippen LogP contribution in [0.2, 0.25) is 0 Å². The van der Waals surface area contributed by atoms with Gasteiger partial charge >= 0.3 is 0 Å². The SMILES string of the molecule is [C-]#[N+]c1cccc(-n2nc(C)cc2C(=O)Nc2cccc(C(CCC3CC3)c3cc[nH]c3)c2)c1. The van der Waals surface area contributed by atoms with Crippen LogP contribution in [0.25, 0.3) is 10.5 Å². The third-order valence-corrected chi connectivity index (χ3v) is 6.40. The van der Waals surface area contributed by atoms with Crippen molar-refractivity contribution < 1.29 is 4.79 Å². The van der Waals surface area contributed by atoms with E-state index in [2.05, 4.69) is 44.6 Å². The number of nitrogens with one attached hydrogen (secondary N) is 2. The standard InChI is InChI=1S/C28H27N5O/c1-19-15-27(33(32-19)25-8-4-6-23(17-25)29-2)28(34)31-24-7-3-5-21(16-24)26(12-11-20-9-10-20)22-13-14-30-18-22/h3-8,13-18,20,26,30H,9-12H2,1H3,(H,31,34). The van der Waals surface area contributed by atoms with Gasteiger partial charge < -0.3 is 10.3 Å². The largest absolute Gasteiger partial charge is 0.367 e. The predicted octanol–water partition coefficient (Wildman–Crippen LogP) is 6.63. The van der Waals surface area contributed by atoms with Gasteiger partial charge in [-0.1, -0.05) is 37.1 Å². The van der Waals surface area contributed by atoms with Crippen molar-refractivity contribution in [2.45, 2.75) is 38.5 Å². The minimum Gasteiger partial charge on any atom is -0.367 e. The number of carbonyl (C=O) groups excluding carboxylic acids is 1. The molecule has 0 bridgehead atoms. The lowest BCUT2D eigenvalue weighted by Gasteiger charge is -2.18. The molecule has 6 heteroatoms. The molecule has 1 aliphatic rings. The first-order valence-corrected chi connectivity index (χ1v) is 11.7. The van der Waals surface area contributed by atoms with Gasteiger partial charge in [0.05, 0.1) is 18.0 Å². The molecule has 2 aromatic carbocycles. The molecular formula is C28H27N5O. The van der Waals surface area contributed by atoms with E-state index in [9.17, 15) is 4.79 Å². The first kappa shape index (κ1) is 21.7. The van der Waals surface area contributed by atoms with E-state index in [0.29, 0.717) is 23.0 Å². The lowest BCUT2D eigenvalue weighted by atomic mass is 9.88. The van der Waals surface area contributed by atoms with Crippen LogP contribution in [0.3, 0.4) is 0 Å². The Morgan fingerprint density at radius 1 is 1.18 bits per heavy atom. The molecule has 1 saturated carbocycles. The summed E-state index contributed by atoms with van der Waals surface area (Å²) in [7, 11) is 0. The topological polar surface area (TPSA) is 67.1 Å². The fraction of sp³-hybridized carbons (Fsp3) is 0.250. The molecule has 5 rings (SSSR count). The fourth-order valence-corrected chi connectivity index (χ4v) is 4.47. The second-order valence-electron chi connectivity index (χ2n) is 9.01. The Balaban J connectivity index is 1.40. The van der Waals surface area contributed by atoms with E-state index in [0.717, 1.165) is 23.7 Å². The smallest absolute Gasteiger partial charge is 0.274 e. The highest BCUT2D eigenvalue weighted by atomic mass is 16.2. The van der Waals surface area contributed by atoms with Crippen molar-refractivity contribution in [2.24, 2.45) is 5.92 Å². The summed E-state index contributed by atoms with van der Waals surface area (Å²) in [6, 6.07) is 19.2. The molecule has 0 spiro atoms. The maximum absolute atomic E-state index is 13.3. The molecule has 2 N–H and O–H groups in total. The molecule has 1 unspecified atom stereocenters. The number of anilines is 1. The van der Waals surface area contributed by atoms with E-state index in [1.54, 1.807) is 28.9 Å². The summed E-state index contributed by atoms with van der Waals surface area (Å²) in [5.41, 5.74) is 5.60. The van der Waals surface area contributed by atoms with Crippen molar-refractivity contribution >= 4 is 17.3 Å². The zero-order valence-corrected chi connectivity index (χ0v) is 19.2. The summed E-state index contributed by atoms with van der Waals surface area (Å²) >= 11 is 0. The Morgan fingerprint density at radius 2 is 2.03 bits per heavy atom. The molecule has 1 amide bonds. The summed E-state index contributed by atoms with van der Waals surface area (Å²) in [6.07, 6.45) is 9.07. The van der Waals surface area contributed by atoms with E-state index < -0.39 is 0 Å². The van der Waals surface area contributed by atoms with Gasteiger partial charge in [0, 0.05) is 24.0 Å². The van der Waals surface area contributed by atoms with Gasteiger partial charge in [-0.3, -0.25) is 4.79 Å². The van der Waals surface area contributed by atoms with Crippen molar-refractivity contribution in [2.75, 3.05) is 5.32 Å². The number of H-pyrrole nitrogens is 1. The molecule has 0 aliphatic heterocycles. The van der Waals surface area contributed by atoms with E-state index >= 15 is 0 Å². The first-order chi connectivity index (χ1) is 16.6. The quantitative estimate of drug-likeness (QED) is 0.296. The number of aromatic amines is 1. The first-order valence-electron chi connectivity index (χ1n) is 11.7. The zero-order valence-electron chi connectivity index (χ0n) is 19.2. The summed E-state index contributed by atoms with van der Waals surface area (Å²) in [5.74, 6) is 0.934. The maximum Gasteiger partial charge on any atom is 0.274 e. The molecule has 1 atom stereocenters. The second kappa shape index (κ2) is 9.40. The number of rotatable bonds is 8. The molecule has 0 radical (unpaired) electrons. The summed E-state index contributed by atoms with van der Waals surface area (Å²) < 4.78 is 1.60. The van der Waals surface area contributed by atoms with Gasteiger partial charge in [0.15, 0.2) is 5.69 Å². The Bertz CT molecular complexity index is 1340. The summed E-state index contributed by atoms with van der Waals surface area (Å²) in [6.45, 7) is 9.13. The Hall–Kier alpha value is -4.11. The number of nitrogens with zero attached hydrogens (tertiary/aromatic N) is 3. The highest BCUT2D eigenvalue weighted by Gasteiger charge is 2.24. The minimum absolute atomic E-state index is 0.234. The minimum atomic E-state index is -0.234. The highest BCUT2D eigenvalue weighted by Crippen LogP contribution is 2.39. The number of hydrogen-bond acceptors (Lipinski definition) is 2. The van der Waals surface area contributed by atoms with Crippen LogP contribution < -0.4 is 5.32 Å². The molecule has 170 valence electrons. The second-order valence-corrected chi connectivity index (χ2v) is 9.01. The van der Waals surface area contributed by atoms with Crippen molar-refractivity contribution in [3.05, 3.63) is 107 Å². The Morgan fingerprint density at radius 3 is 2.79 bits per heavy atom. The number of aryl methyl sites for hydroxylation is 1. The average Bonchev–Trinajstić information content (AvgIpc) is 3.35. The predicted molar refractivity (Wildman–Crippen MR) is 134 cm³/mol. The van der Waals surface area contributed by atoms with Gasteiger partial charge in [0.1, 0.15) is 5.69 Å². The molecule has 1 aliphatic carbocycles. The number of amides is 1. The van der Waals surface area contributed by atoms with Crippen LogP contribution in [0, 0.1) is 19.4 Å². The third kappa shape index (κ3) is 4.79. The lowest BCUT2D eigenvalue weighted by Crippen LogP contribution is -2.17. The van der Waals surface area contributed by atoms with Gasteiger partial charge in [-0.15, -0.1) is 0 Å². The molecular weight excluding hydrogens is 422 g/mol. The van der Waals surface area contributed by atoms with Gasteiger partial charge in [-0.2, -0.15) is 5.10 Å². The van der Waals surface area contributed by atoms with E-state index in [4.69, 9.17) is 6.57 Å². The van der Waals surface area contributed by atoms with Gasteiger partial charge in [0.25, 0.3) is 5.91 Å². The Labute approximate surface area is 199 Å². The van der Waals surface area contributed by atoms with Gasteiger partial charge in [-0.05, 0) is 73.2 Å². The number of hydrogen-bond donors (Lipinski definition) is 2. The van der Waals surface area contributed by atoms with Crippen LogP contribution in [0.1, 0.15) is 58.9 Å². The van der Waals surface area contributed by atoms with Crippen molar-refractivity contribution in [1.29, 1.82) is 0 Å². The van der Waals surface area contributed by atoms with Gasteiger partial charge in [0.2, 0.25) is 0 Å². The van der Waals surface area contributed by atoms with Crippen LogP contribution >= 0.6 is 0 Å². The Kier molecular flexibility index (Phi) is 6.01. The fourth-order valence-electron chi connectivity index (χ4n) is 4.47. The molecule has 34 heavy (non-hydrogen) atoms. The van der Waals surface area contributed by atoms with Crippen LogP contribution in [0.4, 0.5) is 11.4 Å². The van der Waals surface area contributed by atoms with Crippen molar-refractivity contribution in [3.63, 3.8) is 0 Å². The number of aromatic nitrogens is 3. The molecule has 0 saturated heterocycles. The highest BCUT2D eigenvalue weighted by molar-refractivity contribution is 6.03. The van der Waals surface area contributed by atoms with Gasteiger partial charge in [-0.25, -0.2) is 9.53 Å². The number of carbonyl (C=O) groups is 1. The molecule has 2 aromatic heterocycles. The normalized spacial score (nSPS) is 13.9. The monoisotopic (exact) mass is 449 g/mol. The molecule has 1 fully saturated rings.